The van der Waals surface area contributed by atoms with E-state index in [1.807, 2.05) is 57.2 Å². The van der Waals surface area contributed by atoms with Crippen molar-refractivity contribution in [2.24, 2.45) is 0 Å². The van der Waals surface area contributed by atoms with E-state index in [2.05, 4.69) is 10.6 Å². The standard InChI is InChI=1S/C19H22N2O2/c1-13-8-7-11-17(15(13)3)21-18(22)12-14(2)20-19(23)16-9-5-4-6-10-16/h4-11,14H,12H2,1-3H3,(H,20,23)(H,21,22). The SMILES string of the molecule is Cc1cccc(NC(=O)CC(C)NC(=O)c2ccccc2)c1C. The summed E-state index contributed by atoms with van der Waals surface area (Å²) in [5.41, 5.74) is 3.60. The number of rotatable bonds is 5. The molecule has 0 aliphatic rings. The number of hydrogen-bond donors (Lipinski definition) is 2. The number of benzene rings is 2. The van der Waals surface area contributed by atoms with Crippen LogP contribution in [0.1, 0.15) is 34.8 Å². The molecule has 23 heavy (non-hydrogen) atoms. The molecular weight excluding hydrogens is 288 g/mol. The van der Waals surface area contributed by atoms with E-state index in [0.29, 0.717) is 5.56 Å². The van der Waals surface area contributed by atoms with Gasteiger partial charge in [0, 0.05) is 23.7 Å². The minimum atomic E-state index is -0.243. The minimum Gasteiger partial charge on any atom is -0.349 e. The fourth-order valence-corrected chi connectivity index (χ4v) is 2.31. The molecule has 1 unspecified atom stereocenters. The van der Waals surface area contributed by atoms with Gasteiger partial charge in [-0.05, 0) is 50.1 Å². The van der Waals surface area contributed by atoms with Crippen LogP contribution in [0.25, 0.3) is 0 Å². The van der Waals surface area contributed by atoms with Crippen molar-refractivity contribution in [1.82, 2.24) is 5.32 Å². The lowest BCUT2D eigenvalue weighted by Gasteiger charge is -2.15. The van der Waals surface area contributed by atoms with Gasteiger partial charge in [0.25, 0.3) is 5.91 Å². The largest absolute Gasteiger partial charge is 0.349 e. The predicted molar refractivity (Wildman–Crippen MR) is 92.5 cm³/mol. The van der Waals surface area contributed by atoms with Crippen LogP contribution in [-0.2, 0) is 4.79 Å². The lowest BCUT2D eigenvalue weighted by atomic mass is 10.1. The Morgan fingerprint density at radius 3 is 2.39 bits per heavy atom. The molecule has 0 saturated carbocycles. The lowest BCUT2D eigenvalue weighted by Crippen LogP contribution is -2.35. The maximum absolute atomic E-state index is 12.1. The Morgan fingerprint density at radius 2 is 1.70 bits per heavy atom. The summed E-state index contributed by atoms with van der Waals surface area (Å²) in [5.74, 6) is -0.280. The van der Waals surface area contributed by atoms with Crippen LogP contribution in [0.5, 0.6) is 0 Å². The van der Waals surface area contributed by atoms with Crippen LogP contribution >= 0.6 is 0 Å². The van der Waals surface area contributed by atoms with Crippen LogP contribution in [0.4, 0.5) is 5.69 Å². The molecule has 2 amide bonds. The van der Waals surface area contributed by atoms with Gasteiger partial charge in [-0.25, -0.2) is 0 Å². The third kappa shape index (κ3) is 4.68. The van der Waals surface area contributed by atoms with Gasteiger partial charge in [0.05, 0.1) is 0 Å². The fourth-order valence-electron chi connectivity index (χ4n) is 2.31. The molecule has 0 aliphatic heterocycles. The van der Waals surface area contributed by atoms with Crippen LogP contribution in [0.15, 0.2) is 48.5 Å². The van der Waals surface area contributed by atoms with Gasteiger partial charge < -0.3 is 10.6 Å². The van der Waals surface area contributed by atoms with Gasteiger partial charge >= 0.3 is 0 Å². The van der Waals surface area contributed by atoms with Crippen molar-refractivity contribution in [1.29, 1.82) is 0 Å². The van der Waals surface area contributed by atoms with Gasteiger partial charge in [0.1, 0.15) is 0 Å². The number of carbonyl (C=O) groups excluding carboxylic acids is 2. The Balaban J connectivity index is 1.90. The molecule has 2 rings (SSSR count). The molecule has 0 spiro atoms. The van der Waals surface area contributed by atoms with E-state index in [0.717, 1.165) is 16.8 Å². The number of nitrogens with one attached hydrogen (secondary N) is 2. The highest BCUT2D eigenvalue weighted by atomic mass is 16.2. The molecule has 2 aromatic carbocycles. The summed E-state index contributed by atoms with van der Waals surface area (Å²) < 4.78 is 0. The van der Waals surface area contributed by atoms with Crippen LogP contribution in [-0.4, -0.2) is 17.9 Å². The van der Waals surface area contributed by atoms with E-state index in [1.54, 1.807) is 12.1 Å². The molecule has 120 valence electrons. The monoisotopic (exact) mass is 310 g/mol. The highest BCUT2D eigenvalue weighted by Crippen LogP contribution is 2.18. The van der Waals surface area contributed by atoms with Crippen molar-refractivity contribution in [3.05, 3.63) is 65.2 Å². The quantitative estimate of drug-likeness (QED) is 0.888. The molecule has 0 fully saturated rings. The zero-order chi connectivity index (χ0) is 16.8. The zero-order valence-corrected chi connectivity index (χ0v) is 13.7. The average molecular weight is 310 g/mol. The number of aryl methyl sites for hydroxylation is 1. The third-order valence-corrected chi connectivity index (χ3v) is 3.78. The van der Waals surface area contributed by atoms with Crippen molar-refractivity contribution < 1.29 is 9.59 Å². The second-order valence-electron chi connectivity index (χ2n) is 5.74. The van der Waals surface area contributed by atoms with E-state index in [9.17, 15) is 9.59 Å². The molecule has 0 heterocycles. The summed E-state index contributed by atoms with van der Waals surface area (Å²) in [4.78, 5) is 24.2. The Hall–Kier alpha value is -2.62. The minimum absolute atomic E-state index is 0.112. The Morgan fingerprint density at radius 1 is 1.00 bits per heavy atom. The number of hydrogen-bond acceptors (Lipinski definition) is 2. The van der Waals surface area contributed by atoms with E-state index < -0.39 is 0 Å². The molecule has 1 atom stereocenters. The van der Waals surface area contributed by atoms with Crippen molar-refractivity contribution in [2.75, 3.05) is 5.32 Å². The highest BCUT2D eigenvalue weighted by molar-refractivity contribution is 5.95. The summed E-state index contributed by atoms with van der Waals surface area (Å²) in [5, 5.41) is 5.74. The van der Waals surface area contributed by atoms with Crippen molar-refractivity contribution in [3.63, 3.8) is 0 Å². The molecule has 2 aromatic rings. The summed E-state index contributed by atoms with van der Waals surface area (Å²) in [6.07, 6.45) is 0.228. The summed E-state index contributed by atoms with van der Waals surface area (Å²) in [6, 6.07) is 14.5. The second kappa shape index (κ2) is 7.58. The second-order valence-corrected chi connectivity index (χ2v) is 5.74. The maximum atomic E-state index is 12.1. The summed E-state index contributed by atoms with van der Waals surface area (Å²) in [7, 11) is 0. The zero-order valence-electron chi connectivity index (χ0n) is 13.7. The first-order chi connectivity index (χ1) is 11.0. The number of anilines is 1. The highest BCUT2D eigenvalue weighted by Gasteiger charge is 2.14. The summed E-state index contributed by atoms with van der Waals surface area (Å²) >= 11 is 0. The molecular formula is C19H22N2O2. The van der Waals surface area contributed by atoms with Crippen LogP contribution in [0, 0.1) is 13.8 Å². The first-order valence-electron chi connectivity index (χ1n) is 7.69. The van der Waals surface area contributed by atoms with Gasteiger partial charge in [-0.1, -0.05) is 30.3 Å². The number of amides is 2. The predicted octanol–water partition coefficient (Wildman–Crippen LogP) is 3.45. The molecule has 0 bridgehead atoms. The molecule has 2 N–H and O–H groups in total. The molecule has 0 saturated heterocycles. The van der Waals surface area contributed by atoms with E-state index in [-0.39, 0.29) is 24.3 Å². The summed E-state index contributed by atoms with van der Waals surface area (Å²) in [6.45, 7) is 5.81. The third-order valence-electron chi connectivity index (χ3n) is 3.78. The van der Waals surface area contributed by atoms with E-state index in [1.165, 1.54) is 0 Å². The van der Waals surface area contributed by atoms with E-state index >= 15 is 0 Å². The van der Waals surface area contributed by atoms with Crippen LogP contribution in [0.3, 0.4) is 0 Å². The smallest absolute Gasteiger partial charge is 0.251 e. The normalized spacial score (nSPS) is 11.6. The Bertz CT molecular complexity index is 696. The molecule has 0 aliphatic carbocycles. The molecule has 4 heteroatoms. The van der Waals surface area contributed by atoms with Gasteiger partial charge in [0.15, 0.2) is 0 Å². The molecule has 4 nitrogen and oxygen atoms in total. The van der Waals surface area contributed by atoms with Crippen LogP contribution in [0.2, 0.25) is 0 Å². The maximum Gasteiger partial charge on any atom is 0.251 e. The van der Waals surface area contributed by atoms with Crippen LogP contribution < -0.4 is 10.6 Å². The van der Waals surface area contributed by atoms with Gasteiger partial charge in [-0.3, -0.25) is 9.59 Å². The van der Waals surface area contributed by atoms with E-state index in [4.69, 9.17) is 0 Å². The first-order valence-corrected chi connectivity index (χ1v) is 7.69. The molecule has 0 radical (unpaired) electrons. The van der Waals surface area contributed by atoms with Gasteiger partial charge in [0.2, 0.25) is 5.91 Å². The van der Waals surface area contributed by atoms with Crippen molar-refractivity contribution >= 4 is 17.5 Å². The Labute approximate surface area is 136 Å². The van der Waals surface area contributed by atoms with Crippen molar-refractivity contribution in [2.45, 2.75) is 33.2 Å². The number of carbonyl (C=O) groups is 2. The fraction of sp³-hybridized carbons (Fsp3) is 0.263. The molecule has 0 aromatic heterocycles. The van der Waals surface area contributed by atoms with Crippen molar-refractivity contribution in [3.8, 4) is 0 Å². The van der Waals surface area contributed by atoms with Gasteiger partial charge in [-0.15, -0.1) is 0 Å². The van der Waals surface area contributed by atoms with Gasteiger partial charge in [-0.2, -0.15) is 0 Å². The lowest BCUT2D eigenvalue weighted by molar-refractivity contribution is -0.116. The topological polar surface area (TPSA) is 58.2 Å². The first kappa shape index (κ1) is 16.7. The Kier molecular flexibility index (Phi) is 5.52. The average Bonchev–Trinajstić information content (AvgIpc) is 2.52.